The van der Waals surface area contributed by atoms with Crippen molar-refractivity contribution in [2.75, 3.05) is 0 Å². The Morgan fingerprint density at radius 2 is 1.81 bits per heavy atom. The Labute approximate surface area is 128 Å². The molecule has 2 N–H and O–H groups in total. The van der Waals surface area contributed by atoms with Gasteiger partial charge in [0.2, 0.25) is 0 Å². The van der Waals surface area contributed by atoms with Crippen LogP contribution in [0.1, 0.15) is 70.2 Å². The van der Waals surface area contributed by atoms with Crippen molar-refractivity contribution in [2.24, 2.45) is 5.73 Å². The fourth-order valence-electron chi connectivity index (χ4n) is 3.19. The molecule has 0 saturated heterocycles. The predicted octanol–water partition coefficient (Wildman–Crippen LogP) is 4.59. The fraction of sp³-hybridized carbons (Fsp3) is 0.611. The van der Waals surface area contributed by atoms with Gasteiger partial charge in [-0.15, -0.1) is 0 Å². The average molecular weight is 287 g/mol. The number of nitrogens with two attached hydrogens (primary N) is 1. The van der Waals surface area contributed by atoms with Crippen LogP contribution in [0.2, 0.25) is 0 Å². The Morgan fingerprint density at radius 3 is 2.38 bits per heavy atom. The quantitative estimate of drug-likeness (QED) is 0.771. The normalized spacial score (nSPS) is 11.7. The molecule has 0 aliphatic rings. The SMILES string of the molecule is CCCC(CCC)c1nc2cc(CN)ccc2n1CCC. The summed E-state index contributed by atoms with van der Waals surface area (Å²) in [6, 6.07) is 6.48. The second-order valence-electron chi connectivity index (χ2n) is 5.92. The monoisotopic (exact) mass is 287 g/mol. The molecular formula is C18H29N3. The average Bonchev–Trinajstić information content (AvgIpc) is 2.85. The van der Waals surface area contributed by atoms with Crippen LogP contribution in [0, 0.1) is 0 Å². The van der Waals surface area contributed by atoms with Gasteiger partial charge in [-0.25, -0.2) is 4.98 Å². The number of hydrogen-bond acceptors (Lipinski definition) is 2. The summed E-state index contributed by atoms with van der Waals surface area (Å²) in [6.07, 6.45) is 6.03. The van der Waals surface area contributed by atoms with Crippen molar-refractivity contribution in [1.82, 2.24) is 9.55 Å². The maximum absolute atomic E-state index is 5.77. The minimum Gasteiger partial charge on any atom is -0.328 e. The molecule has 3 nitrogen and oxygen atoms in total. The highest BCUT2D eigenvalue weighted by Crippen LogP contribution is 2.29. The summed E-state index contributed by atoms with van der Waals surface area (Å²) in [4.78, 5) is 4.98. The van der Waals surface area contributed by atoms with E-state index in [4.69, 9.17) is 10.7 Å². The van der Waals surface area contributed by atoms with Crippen LogP contribution in [0.5, 0.6) is 0 Å². The third-order valence-corrected chi connectivity index (χ3v) is 4.16. The summed E-state index contributed by atoms with van der Waals surface area (Å²) in [5.74, 6) is 1.87. The third kappa shape index (κ3) is 3.46. The number of hydrogen-bond donors (Lipinski definition) is 1. The van der Waals surface area contributed by atoms with E-state index in [1.54, 1.807) is 0 Å². The van der Waals surface area contributed by atoms with Gasteiger partial charge >= 0.3 is 0 Å². The van der Waals surface area contributed by atoms with Crippen molar-refractivity contribution >= 4 is 11.0 Å². The fourth-order valence-corrected chi connectivity index (χ4v) is 3.19. The van der Waals surface area contributed by atoms with Crippen LogP contribution in [0.3, 0.4) is 0 Å². The molecule has 21 heavy (non-hydrogen) atoms. The molecule has 0 saturated carbocycles. The summed E-state index contributed by atoms with van der Waals surface area (Å²) in [5.41, 5.74) is 9.30. The summed E-state index contributed by atoms with van der Waals surface area (Å²) in [5, 5.41) is 0. The van der Waals surface area contributed by atoms with Gasteiger partial charge in [0.05, 0.1) is 11.0 Å². The first-order chi connectivity index (χ1) is 10.2. The van der Waals surface area contributed by atoms with E-state index in [0.717, 1.165) is 24.0 Å². The Bertz CT molecular complexity index is 565. The number of nitrogens with zero attached hydrogens (tertiary/aromatic N) is 2. The van der Waals surface area contributed by atoms with Gasteiger partial charge in [-0.3, -0.25) is 0 Å². The molecule has 0 bridgehead atoms. The van der Waals surface area contributed by atoms with E-state index in [1.165, 1.54) is 37.0 Å². The van der Waals surface area contributed by atoms with Crippen molar-refractivity contribution in [2.45, 2.75) is 71.9 Å². The predicted molar refractivity (Wildman–Crippen MR) is 90.5 cm³/mol. The molecule has 0 atom stereocenters. The molecule has 2 rings (SSSR count). The van der Waals surface area contributed by atoms with Gasteiger partial charge in [-0.05, 0) is 37.0 Å². The van der Waals surface area contributed by atoms with Crippen LogP contribution in [0.4, 0.5) is 0 Å². The summed E-state index contributed by atoms with van der Waals surface area (Å²) in [7, 11) is 0. The van der Waals surface area contributed by atoms with Crippen molar-refractivity contribution in [3.05, 3.63) is 29.6 Å². The molecule has 0 aliphatic heterocycles. The molecular weight excluding hydrogens is 258 g/mol. The van der Waals surface area contributed by atoms with Crippen LogP contribution in [-0.4, -0.2) is 9.55 Å². The Kier molecular flexibility index (Phi) is 5.80. The molecule has 0 aliphatic carbocycles. The highest BCUT2D eigenvalue weighted by Gasteiger charge is 2.18. The topological polar surface area (TPSA) is 43.8 Å². The molecule has 3 heteroatoms. The van der Waals surface area contributed by atoms with Crippen LogP contribution >= 0.6 is 0 Å². The highest BCUT2D eigenvalue weighted by atomic mass is 15.1. The minimum atomic E-state index is 0.583. The van der Waals surface area contributed by atoms with E-state index in [2.05, 4.69) is 43.5 Å². The molecule has 0 fully saturated rings. The number of fused-ring (bicyclic) bond motifs is 1. The molecule has 0 amide bonds. The summed E-state index contributed by atoms with van der Waals surface area (Å²) < 4.78 is 2.44. The van der Waals surface area contributed by atoms with Crippen LogP contribution in [0.25, 0.3) is 11.0 Å². The zero-order valence-corrected chi connectivity index (χ0v) is 13.7. The lowest BCUT2D eigenvalue weighted by Crippen LogP contribution is -2.09. The number of rotatable bonds is 8. The van der Waals surface area contributed by atoms with E-state index in [-0.39, 0.29) is 0 Å². The zero-order chi connectivity index (χ0) is 15.2. The molecule has 1 heterocycles. The lowest BCUT2D eigenvalue weighted by molar-refractivity contribution is 0.503. The standard InChI is InChI=1S/C18H29N3/c1-4-7-15(8-5-2)18-20-16-12-14(13-19)9-10-17(16)21(18)11-6-3/h9-10,12,15H,4-8,11,13,19H2,1-3H3. The largest absolute Gasteiger partial charge is 0.328 e. The van der Waals surface area contributed by atoms with E-state index in [1.807, 2.05) is 0 Å². The second-order valence-corrected chi connectivity index (χ2v) is 5.92. The van der Waals surface area contributed by atoms with Gasteiger partial charge in [0.25, 0.3) is 0 Å². The zero-order valence-electron chi connectivity index (χ0n) is 13.7. The van der Waals surface area contributed by atoms with Crippen molar-refractivity contribution in [3.63, 3.8) is 0 Å². The van der Waals surface area contributed by atoms with Gasteiger partial charge < -0.3 is 10.3 Å². The van der Waals surface area contributed by atoms with E-state index < -0.39 is 0 Å². The van der Waals surface area contributed by atoms with E-state index in [0.29, 0.717) is 12.5 Å². The molecule has 0 radical (unpaired) electrons. The van der Waals surface area contributed by atoms with Crippen LogP contribution in [0.15, 0.2) is 18.2 Å². The maximum Gasteiger partial charge on any atom is 0.112 e. The van der Waals surface area contributed by atoms with Crippen LogP contribution < -0.4 is 5.73 Å². The van der Waals surface area contributed by atoms with E-state index in [9.17, 15) is 0 Å². The van der Waals surface area contributed by atoms with Crippen molar-refractivity contribution in [3.8, 4) is 0 Å². The number of aryl methyl sites for hydroxylation is 1. The van der Waals surface area contributed by atoms with Gasteiger partial charge in [-0.1, -0.05) is 39.7 Å². The van der Waals surface area contributed by atoms with Crippen molar-refractivity contribution in [1.29, 1.82) is 0 Å². The summed E-state index contributed by atoms with van der Waals surface area (Å²) >= 11 is 0. The lowest BCUT2D eigenvalue weighted by atomic mass is 9.97. The first-order valence-electron chi connectivity index (χ1n) is 8.44. The van der Waals surface area contributed by atoms with Gasteiger partial charge in [0.15, 0.2) is 0 Å². The molecule has 0 spiro atoms. The minimum absolute atomic E-state index is 0.583. The van der Waals surface area contributed by atoms with Gasteiger partial charge in [0.1, 0.15) is 5.82 Å². The van der Waals surface area contributed by atoms with Crippen molar-refractivity contribution < 1.29 is 0 Å². The Morgan fingerprint density at radius 1 is 1.10 bits per heavy atom. The molecule has 0 unspecified atom stereocenters. The third-order valence-electron chi connectivity index (χ3n) is 4.16. The first kappa shape index (κ1) is 16.0. The van der Waals surface area contributed by atoms with Gasteiger partial charge in [-0.2, -0.15) is 0 Å². The Hall–Kier alpha value is -1.35. The number of aromatic nitrogens is 2. The van der Waals surface area contributed by atoms with E-state index >= 15 is 0 Å². The molecule has 2 aromatic rings. The Balaban J connectivity index is 2.51. The molecule has 1 aromatic carbocycles. The van der Waals surface area contributed by atoms with Crippen LogP contribution in [-0.2, 0) is 13.1 Å². The van der Waals surface area contributed by atoms with Gasteiger partial charge in [0, 0.05) is 19.0 Å². The number of benzene rings is 1. The lowest BCUT2D eigenvalue weighted by Gasteiger charge is -2.17. The number of imidazole rings is 1. The first-order valence-corrected chi connectivity index (χ1v) is 8.44. The maximum atomic E-state index is 5.77. The second kappa shape index (κ2) is 7.60. The highest BCUT2D eigenvalue weighted by molar-refractivity contribution is 5.77. The smallest absolute Gasteiger partial charge is 0.112 e. The molecule has 1 aromatic heterocycles. The summed E-state index contributed by atoms with van der Waals surface area (Å²) in [6.45, 7) is 8.40. The molecule has 116 valence electrons.